The maximum absolute atomic E-state index is 12.6. The number of hydrogen-bond acceptors (Lipinski definition) is 3. The fraction of sp³-hybridized carbons (Fsp3) is 0.429. The van der Waals surface area contributed by atoms with Gasteiger partial charge in [-0.3, -0.25) is 9.18 Å². The number of nitrogens with zero attached hydrogens (tertiary/aromatic N) is 2. The molecule has 1 saturated heterocycles. The molecule has 0 N–H and O–H groups in total. The topological polar surface area (TPSA) is 33.2 Å². The van der Waals surface area contributed by atoms with Gasteiger partial charge in [-0.05, 0) is 37.0 Å². The maximum atomic E-state index is 12.6. The largest absolute Gasteiger partial charge is 0.339 e. The zero-order valence-electron chi connectivity index (χ0n) is 10.5. The molecule has 1 aromatic heterocycles. The lowest BCUT2D eigenvalue weighted by Crippen LogP contribution is -2.38. The highest BCUT2D eigenvalue weighted by atomic mass is 32.1. The number of carbonyl (C=O) groups is 1. The summed E-state index contributed by atoms with van der Waals surface area (Å²) in [6, 6.07) is 5.61. The summed E-state index contributed by atoms with van der Waals surface area (Å²) in [5, 5.41) is 0. The average Bonchev–Trinajstić information content (AvgIpc) is 2.94. The summed E-state index contributed by atoms with van der Waals surface area (Å²) in [7, 11) is 0. The van der Waals surface area contributed by atoms with Gasteiger partial charge in [0.15, 0.2) is 0 Å². The highest BCUT2D eigenvalue weighted by Gasteiger charge is 2.23. The van der Waals surface area contributed by atoms with Crippen molar-refractivity contribution in [1.82, 2.24) is 9.88 Å². The van der Waals surface area contributed by atoms with Crippen molar-refractivity contribution in [2.45, 2.75) is 12.8 Å². The molecule has 1 amide bonds. The van der Waals surface area contributed by atoms with Crippen molar-refractivity contribution >= 4 is 27.5 Å². The van der Waals surface area contributed by atoms with Crippen LogP contribution in [0.3, 0.4) is 0 Å². The van der Waals surface area contributed by atoms with Crippen molar-refractivity contribution in [2.75, 3.05) is 19.8 Å². The monoisotopic (exact) mass is 278 g/mol. The summed E-state index contributed by atoms with van der Waals surface area (Å²) in [5.41, 5.74) is 3.42. The number of fused-ring (bicyclic) bond motifs is 1. The van der Waals surface area contributed by atoms with E-state index in [1.165, 1.54) is 11.3 Å². The molecule has 19 heavy (non-hydrogen) atoms. The van der Waals surface area contributed by atoms with Crippen LogP contribution in [0.1, 0.15) is 23.2 Å². The molecule has 100 valence electrons. The van der Waals surface area contributed by atoms with Crippen molar-refractivity contribution in [3.05, 3.63) is 29.3 Å². The van der Waals surface area contributed by atoms with E-state index < -0.39 is 0 Å². The van der Waals surface area contributed by atoms with Crippen molar-refractivity contribution < 1.29 is 9.18 Å². The summed E-state index contributed by atoms with van der Waals surface area (Å²) < 4.78 is 13.6. The molecule has 1 aliphatic rings. The van der Waals surface area contributed by atoms with E-state index in [4.69, 9.17) is 0 Å². The summed E-state index contributed by atoms with van der Waals surface area (Å²) >= 11 is 1.54. The van der Waals surface area contributed by atoms with Crippen LogP contribution in [0.15, 0.2) is 23.7 Å². The van der Waals surface area contributed by atoms with Gasteiger partial charge in [-0.1, -0.05) is 0 Å². The summed E-state index contributed by atoms with van der Waals surface area (Å²) in [6.07, 6.45) is 1.54. The molecule has 2 heterocycles. The second kappa shape index (κ2) is 5.25. The molecule has 1 aliphatic heterocycles. The highest BCUT2D eigenvalue weighted by Crippen LogP contribution is 2.22. The number of alkyl halides is 1. The van der Waals surface area contributed by atoms with E-state index in [0.29, 0.717) is 18.7 Å². The summed E-state index contributed by atoms with van der Waals surface area (Å²) in [5.74, 6) is 0.181. The van der Waals surface area contributed by atoms with Gasteiger partial charge in [0.25, 0.3) is 5.91 Å². The Kier molecular flexibility index (Phi) is 3.46. The number of hydrogen-bond donors (Lipinski definition) is 0. The molecule has 0 unspecified atom stereocenters. The summed E-state index contributed by atoms with van der Waals surface area (Å²) in [4.78, 5) is 18.4. The summed E-state index contributed by atoms with van der Waals surface area (Å²) in [6.45, 7) is 1.05. The van der Waals surface area contributed by atoms with E-state index in [-0.39, 0.29) is 18.5 Å². The number of halogens is 1. The zero-order chi connectivity index (χ0) is 13.2. The van der Waals surface area contributed by atoms with Gasteiger partial charge in [0.2, 0.25) is 0 Å². The Morgan fingerprint density at radius 3 is 2.95 bits per heavy atom. The third kappa shape index (κ3) is 2.47. The third-order valence-corrected chi connectivity index (χ3v) is 4.49. The predicted molar refractivity (Wildman–Crippen MR) is 74.2 cm³/mol. The number of benzene rings is 1. The fourth-order valence-electron chi connectivity index (χ4n) is 2.46. The van der Waals surface area contributed by atoms with Gasteiger partial charge in [0, 0.05) is 18.7 Å². The smallest absolute Gasteiger partial charge is 0.253 e. The molecule has 0 radical (unpaired) electrons. The number of carbonyl (C=O) groups excluding carboxylic acids is 1. The first-order valence-corrected chi connectivity index (χ1v) is 7.34. The molecule has 0 spiro atoms. The molecule has 2 aromatic rings. The zero-order valence-corrected chi connectivity index (χ0v) is 11.3. The Hall–Kier alpha value is -1.49. The van der Waals surface area contributed by atoms with E-state index in [9.17, 15) is 9.18 Å². The van der Waals surface area contributed by atoms with E-state index in [1.807, 2.05) is 23.1 Å². The van der Waals surface area contributed by atoms with Gasteiger partial charge >= 0.3 is 0 Å². The predicted octanol–water partition coefficient (Wildman–Crippen LogP) is 3.12. The van der Waals surface area contributed by atoms with Crippen LogP contribution in [0.25, 0.3) is 10.2 Å². The number of aromatic nitrogens is 1. The van der Waals surface area contributed by atoms with E-state index in [1.54, 1.807) is 5.51 Å². The quantitative estimate of drug-likeness (QED) is 0.845. The van der Waals surface area contributed by atoms with Crippen molar-refractivity contribution in [3.63, 3.8) is 0 Å². The van der Waals surface area contributed by atoms with Crippen LogP contribution in [-0.2, 0) is 0 Å². The standard InChI is InChI=1S/C14H15FN2OS/c15-8-10-3-5-17(6-4-10)14(18)11-1-2-12-13(7-11)19-9-16-12/h1-2,7,9-10H,3-6,8H2. The van der Waals surface area contributed by atoms with E-state index in [2.05, 4.69) is 4.98 Å². The first kappa shape index (κ1) is 12.5. The van der Waals surface area contributed by atoms with Crippen molar-refractivity contribution in [3.8, 4) is 0 Å². The maximum Gasteiger partial charge on any atom is 0.253 e. The van der Waals surface area contributed by atoms with Crippen molar-refractivity contribution in [1.29, 1.82) is 0 Å². The van der Waals surface area contributed by atoms with Gasteiger partial charge < -0.3 is 4.90 Å². The van der Waals surface area contributed by atoms with Crippen LogP contribution in [0, 0.1) is 5.92 Å². The minimum absolute atomic E-state index is 0.0487. The Morgan fingerprint density at radius 2 is 2.21 bits per heavy atom. The molecular weight excluding hydrogens is 263 g/mol. The average molecular weight is 278 g/mol. The van der Waals surface area contributed by atoms with Crippen LogP contribution in [0.2, 0.25) is 0 Å². The molecular formula is C14H15FN2OS. The van der Waals surface area contributed by atoms with Gasteiger partial charge in [-0.15, -0.1) is 11.3 Å². The number of likely N-dealkylation sites (tertiary alicyclic amines) is 1. The van der Waals surface area contributed by atoms with Gasteiger partial charge in [-0.2, -0.15) is 0 Å². The van der Waals surface area contributed by atoms with Crippen LogP contribution >= 0.6 is 11.3 Å². The van der Waals surface area contributed by atoms with Crippen molar-refractivity contribution in [2.24, 2.45) is 5.92 Å². The van der Waals surface area contributed by atoms with Crippen LogP contribution < -0.4 is 0 Å². The SMILES string of the molecule is O=C(c1ccc2ncsc2c1)N1CCC(CF)CC1. The molecule has 0 atom stereocenters. The Morgan fingerprint density at radius 1 is 1.42 bits per heavy atom. The van der Waals surface area contributed by atoms with Crippen LogP contribution in [0.5, 0.6) is 0 Å². The fourth-order valence-corrected chi connectivity index (χ4v) is 3.18. The molecule has 0 bridgehead atoms. The molecule has 3 nitrogen and oxygen atoms in total. The minimum Gasteiger partial charge on any atom is -0.339 e. The number of piperidine rings is 1. The second-order valence-corrected chi connectivity index (χ2v) is 5.81. The minimum atomic E-state index is -0.269. The Balaban J connectivity index is 1.76. The van der Waals surface area contributed by atoms with E-state index in [0.717, 1.165) is 23.1 Å². The molecule has 5 heteroatoms. The van der Waals surface area contributed by atoms with Gasteiger partial charge in [-0.25, -0.2) is 4.98 Å². The highest BCUT2D eigenvalue weighted by molar-refractivity contribution is 7.16. The third-order valence-electron chi connectivity index (χ3n) is 3.70. The lowest BCUT2D eigenvalue weighted by molar-refractivity contribution is 0.0678. The van der Waals surface area contributed by atoms with Crippen LogP contribution in [-0.4, -0.2) is 35.6 Å². The lowest BCUT2D eigenvalue weighted by Gasteiger charge is -2.30. The number of amides is 1. The molecule has 1 fully saturated rings. The Bertz CT molecular complexity index is 590. The number of thiazole rings is 1. The normalized spacial score (nSPS) is 17.0. The molecule has 1 aromatic carbocycles. The Labute approximate surface area is 115 Å². The van der Waals surface area contributed by atoms with Crippen LogP contribution in [0.4, 0.5) is 4.39 Å². The van der Waals surface area contributed by atoms with E-state index >= 15 is 0 Å². The first-order valence-electron chi connectivity index (χ1n) is 6.46. The molecule has 0 aliphatic carbocycles. The van der Waals surface area contributed by atoms with Gasteiger partial charge in [0.1, 0.15) is 0 Å². The first-order chi connectivity index (χ1) is 9.28. The number of rotatable bonds is 2. The lowest BCUT2D eigenvalue weighted by atomic mass is 9.98. The van der Waals surface area contributed by atoms with Gasteiger partial charge in [0.05, 0.1) is 22.4 Å². The molecule has 0 saturated carbocycles. The molecule has 3 rings (SSSR count). The second-order valence-electron chi connectivity index (χ2n) is 4.92.